The summed E-state index contributed by atoms with van der Waals surface area (Å²) < 4.78 is 7.81. The lowest BCUT2D eigenvalue weighted by atomic mass is 9.98. The van der Waals surface area contributed by atoms with Crippen LogP contribution in [0.25, 0.3) is 0 Å². The van der Waals surface area contributed by atoms with E-state index in [-0.39, 0.29) is 0 Å². The number of ether oxygens (including phenoxy) is 1. The maximum Gasteiger partial charge on any atom is 0.127 e. The quantitative estimate of drug-likeness (QED) is 0.860. The Kier molecular flexibility index (Phi) is 5.25. The lowest BCUT2D eigenvalue weighted by molar-refractivity contribution is 0.0796. The van der Waals surface area contributed by atoms with Crippen LogP contribution in [0, 0.1) is 0 Å². The topological polar surface area (TPSA) is 53.1 Å². The third-order valence-corrected chi connectivity index (χ3v) is 3.87. The molecule has 1 aliphatic heterocycles. The van der Waals surface area contributed by atoms with Crippen molar-refractivity contribution >= 4 is 5.82 Å². The van der Waals surface area contributed by atoms with Crippen molar-refractivity contribution in [2.75, 3.05) is 18.9 Å². The number of nitrogens with two attached hydrogens (primary N) is 1. The normalized spacial score (nSPS) is 19.8. The predicted octanol–water partition coefficient (Wildman–Crippen LogP) is 3.11. The van der Waals surface area contributed by atoms with Gasteiger partial charge in [-0.3, -0.25) is 0 Å². The second kappa shape index (κ2) is 6.94. The Balaban J connectivity index is 2.22. The number of aromatic nitrogens is 2. The molecule has 0 amide bonds. The minimum absolute atomic E-state index is 0.396. The van der Waals surface area contributed by atoms with Crippen LogP contribution < -0.4 is 5.73 Å². The highest BCUT2D eigenvalue weighted by molar-refractivity contribution is 5.41. The molecule has 108 valence electrons. The first-order valence-corrected chi connectivity index (χ1v) is 7.70. The molecule has 0 spiro atoms. The van der Waals surface area contributed by atoms with Crippen molar-refractivity contribution in [1.82, 2.24) is 9.55 Å². The van der Waals surface area contributed by atoms with Gasteiger partial charge in [-0.25, -0.2) is 4.98 Å². The number of rotatable bonds is 6. The third kappa shape index (κ3) is 3.30. The van der Waals surface area contributed by atoms with Crippen LogP contribution in [0.15, 0.2) is 0 Å². The molecule has 0 radical (unpaired) electrons. The SMILES string of the molecule is CCCCn1c(CCC)nc(C2CCCOC2)c1N. The van der Waals surface area contributed by atoms with Gasteiger partial charge in [0.05, 0.1) is 12.3 Å². The molecule has 2 rings (SSSR count). The fraction of sp³-hybridized carbons (Fsp3) is 0.800. The summed E-state index contributed by atoms with van der Waals surface area (Å²) in [6.07, 6.45) is 6.75. The summed E-state index contributed by atoms with van der Waals surface area (Å²) in [6.45, 7) is 7.06. The number of unbranched alkanes of at least 4 members (excludes halogenated alkanes) is 1. The molecule has 1 saturated heterocycles. The Bertz CT molecular complexity index is 394. The van der Waals surface area contributed by atoms with Gasteiger partial charge in [0, 0.05) is 25.5 Å². The molecule has 0 aliphatic carbocycles. The van der Waals surface area contributed by atoms with E-state index in [0.717, 1.165) is 69.2 Å². The van der Waals surface area contributed by atoms with E-state index in [1.54, 1.807) is 0 Å². The fourth-order valence-electron chi connectivity index (χ4n) is 2.77. The predicted molar refractivity (Wildman–Crippen MR) is 78.3 cm³/mol. The molecular weight excluding hydrogens is 238 g/mol. The average Bonchev–Trinajstić information content (AvgIpc) is 2.75. The Hall–Kier alpha value is -1.03. The Labute approximate surface area is 116 Å². The molecule has 1 aromatic rings. The maximum atomic E-state index is 6.35. The summed E-state index contributed by atoms with van der Waals surface area (Å²) in [7, 11) is 0. The molecule has 1 unspecified atom stereocenters. The standard InChI is InChI=1S/C15H27N3O/c1-3-5-9-18-13(7-4-2)17-14(15(18)16)12-8-6-10-19-11-12/h12H,3-11,16H2,1-2H3. The van der Waals surface area contributed by atoms with Gasteiger partial charge in [0.1, 0.15) is 11.6 Å². The zero-order valence-electron chi connectivity index (χ0n) is 12.3. The van der Waals surface area contributed by atoms with Crippen molar-refractivity contribution < 1.29 is 4.74 Å². The highest BCUT2D eigenvalue weighted by atomic mass is 16.5. The van der Waals surface area contributed by atoms with Crippen molar-refractivity contribution in [2.45, 2.75) is 64.8 Å². The highest BCUT2D eigenvalue weighted by Gasteiger charge is 2.24. The van der Waals surface area contributed by atoms with Crippen molar-refractivity contribution in [2.24, 2.45) is 0 Å². The number of aryl methyl sites for hydroxylation is 1. The molecule has 1 aromatic heterocycles. The molecule has 1 aliphatic rings. The van der Waals surface area contributed by atoms with Gasteiger partial charge in [0.25, 0.3) is 0 Å². The van der Waals surface area contributed by atoms with E-state index >= 15 is 0 Å². The van der Waals surface area contributed by atoms with Gasteiger partial charge < -0.3 is 15.0 Å². The first kappa shape index (κ1) is 14.4. The molecule has 0 saturated carbocycles. The summed E-state index contributed by atoms with van der Waals surface area (Å²) in [5.74, 6) is 2.44. The van der Waals surface area contributed by atoms with E-state index < -0.39 is 0 Å². The van der Waals surface area contributed by atoms with Gasteiger partial charge >= 0.3 is 0 Å². The van der Waals surface area contributed by atoms with Gasteiger partial charge in [0.15, 0.2) is 0 Å². The van der Waals surface area contributed by atoms with Crippen LogP contribution in [0.2, 0.25) is 0 Å². The van der Waals surface area contributed by atoms with Crippen molar-refractivity contribution in [1.29, 1.82) is 0 Å². The van der Waals surface area contributed by atoms with E-state index in [0.29, 0.717) is 5.92 Å². The number of anilines is 1. The van der Waals surface area contributed by atoms with Crippen molar-refractivity contribution in [3.8, 4) is 0 Å². The number of imidazole rings is 1. The molecule has 19 heavy (non-hydrogen) atoms. The van der Waals surface area contributed by atoms with Crippen LogP contribution in [-0.2, 0) is 17.7 Å². The second-order valence-corrected chi connectivity index (χ2v) is 5.47. The van der Waals surface area contributed by atoms with E-state index in [2.05, 4.69) is 18.4 Å². The molecule has 1 fully saturated rings. The van der Waals surface area contributed by atoms with E-state index in [9.17, 15) is 0 Å². The number of nitrogen functional groups attached to an aromatic ring is 1. The smallest absolute Gasteiger partial charge is 0.127 e. The lowest BCUT2D eigenvalue weighted by Gasteiger charge is -2.21. The Morgan fingerprint density at radius 3 is 2.84 bits per heavy atom. The number of hydrogen-bond acceptors (Lipinski definition) is 3. The molecule has 0 aromatic carbocycles. The summed E-state index contributed by atoms with van der Waals surface area (Å²) in [4.78, 5) is 4.83. The number of hydrogen-bond donors (Lipinski definition) is 1. The Morgan fingerprint density at radius 2 is 2.21 bits per heavy atom. The maximum absolute atomic E-state index is 6.35. The first-order chi connectivity index (χ1) is 9.27. The minimum Gasteiger partial charge on any atom is -0.384 e. The van der Waals surface area contributed by atoms with E-state index in [1.807, 2.05) is 0 Å². The largest absolute Gasteiger partial charge is 0.384 e. The van der Waals surface area contributed by atoms with Crippen LogP contribution in [0.5, 0.6) is 0 Å². The minimum atomic E-state index is 0.396. The summed E-state index contributed by atoms with van der Waals surface area (Å²) in [5.41, 5.74) is 7.43. The van der Waals surface area contributed by atoms with Gasteiger partial charge in [0.2, 0.25) is 0 Å². The van der Waals surface area contributed by atoms with Crippen LogP contribution in [-0.4, -0.2) is 22.8 Å². The molecule has 0 bridgehead atoms. The molecule has 1 atom stereocenters. The van der Waals surface area contributed by atoms with Crippen LogP contribution in [0.1, 0.15) is 63.4 Å². The van der Waals surface area contributed by atoms with E-state index in [1.165, 1.54) is 6.42 Å². The van der Waals surface area contributed by atoms with Crippen LogP contribution in [0.3, 0.4) is 0 Å². The molecule has 2 heterocycles. The van der Waals surface area contributed by atoms with Crippen LogP contribution >= 0.6 is 0 Å². The Morgan fingerprint density at radius 1 is 1.37 bits per heavy atom. The summed E-state index contributed by atoms with van der Waals surface area (Å²) >= 11 is 0. The first-order valence-electron chi connectivity index (χ1n) is 7.70. The summed E-state index contributed by atoms with van der Waals surface area (Å²) in [6, 6.07) is 0. The molecule has 4 heteroatoms. The third-order valence-electron chi connectivity index (χ3n) is 3.87. The zero-order valence-corrected chi connectivity index (χ0v) is 12.3. The van der Waals surface area contributed by atoms with Gasteiger partial charge in [-0.15, -0.1) is 0 Å². The lowest BCUT2D eigenvalue weighted by Crippen LogP contribution is -2.17. The van der Waals surface area contributed by atoms with Crippen molar-refractivity contribution in [3.63, 3.8) is 0 Å². The van der Waals surface area contributed by atoms with Crippen LogP contribution in [0.4, 0.5) is 5.82 Å². The molecular formula is C15H27N3O. The number of nitrogens with zero attached hydrogens (tertiary/aromatic N) is 2. The van der Waals surface area contributed by atoms with E-state index in [4.69, 9.17) is 15.5 Å². The zero-order chi connectivity index (χ0) is 13.7. The average molecular weight is 265 g/mol. The summed E-state index contributed by atoms with van der Waals surface area (Å²) in [5, 5.41) is 0. The van der Waals surface area contributed by atoms with Gasteiger partial charge in [-0.05, 0) is 25.7 Å². The molecule has 4 nitrogen and oxygen atoms in total. The van der Waals surface area contributed by atoms with Gasteiger partial charge in [-0.1, -0.05) is 20.3 Å². The molecule has 2 N–H and O–H groups in total. The second-order valence-electron chi connectivity index (χ2n) is 5.47. The monoisotopic (exact) mass is 265 g/mol. The fourth-order valence-corrected chi connectivity index (χ4v) is 2.77. The van der Waals surface area contributed by atoms with Crippen molar-refractivity contribution in [3.05, 3.63) is 11.5 Å². The van der Waals surface area contributed by atoms with Gasteiger partial charge in [-0.2, -0.15) is 0 Å². The highest BCUT2D eigenvalue weighted by Crippen LogP contribution is 2.30.